The molecule has 0 aliphatic carbocycles. The Hall–Kier alpha value is -0.870. The summed E-state index contributed by atoms with van der Waals surface area (Å²) in [6.07, 6.45) is 1.59. The molecule has 0 radical (unpaired) electrons. The molecule has 5 heteroatoms. The van der Waals surface area contributed by atoms with Gasteiger partial charge in [0.25, 0.3) is 0 Å². The van der Waals surface area contributed by atoms with E-state index in [1.54, 1.807) is 17.7 Å². The second kappa shape index (κ2) is 4.33. The fraction of sp³-hybridized carbons (Fsp3) is 0.400. The van der Waals surface area contributed by atoms with Crippen LogP contribution in [0.2, 0.25) is 0 Å². The number of hydrogen-bond donors (Lipinski definition) is 1. The normalized spacial score (nSPS) is 13.0. The van der Waals surface area contributed by atoms with E-state index in [1.807, 2.05) is 6.92 Å². The highest BCUT2D eigenvalue weighted by molar-refractivity contribution is 7.18. The third kappa shape index (κ3) is 2.06. The van der Waals surface area contributed by atoms with Gasteiger partial charge in [0.05, 0.1) is 10.2 Å². The molecular formula is C10H12ClN3S. The molecule has 2 aromatic heterocycles. The zero-order valence-electron chi connectivity index (χ0n) is 8.62. The number of anilines is 1. The van der Waals surface area contributed by atoms with Gasteiger partial charge >= 0.3 is 0 Å². The summed E-state index contributed by atoms with van der Waals surface area (Å²) in [4.78, 5) is 8.50. The van der Waals surface area contributed by atoms with Crippen molar-refractivity contribution >= 4 is 39.0 Å². The molecule has 0 aliphatic rings. The average Bonchev–Trinajstić information content (AvgIpc) is 2.62. The van der Waals surface area contributed by atoms with Gasteiger partial charge in [0.1, 0.15) is 12.1 Å². The van der Waals surface area contributed by atoms with Gasteiger partial charge < -0.3 is 5.32 Å². The Labute approximate surface area is 97.5 Å². The molecule has 0 fully saturated rings. The molecular weight excluding hydrogens is 230 g/mol. The molecule has 0 amide bonds. The topological polar surface area (TPSA) is 37.8 Å². The lowest BCUT2D eigenvalue weighted by Crippen LogP contribution is -2.17. The number of nitrogens with zero attached hydrogens (tertiary/aromatic N) is 2. The van der Waals surface area contributed by atoms with Crippen molar-refractivity contribution in [2.75, 3.05) is 11.2 Å². The van der Waals surface area contributed by atoms with Gasteiger partial charge in [-0.05, 0) is 24.8 Å². The average molecular weight is 242 g/mol. The van der Waals surface area contributed by atoms with Crippen LogP contribution in [-0.4, -0.2) is 21.9 Å². The van der Waals surface area contributed by atoms with Crippen LogP contribution in [-0.2, 0) is 0 Å². The van der Waals surface area contributed by atoms with Gasteiger partial charge in [0, 0.05) is 11.9 Å². The molecule has 2 heterocycles. The smallest absolute Gasteiger partial charge is 0.147 e. The molecule has 1 N–H and O–H groups in total. The fourth-order valence-electron chi connectivity index (χ4n) is 1.34. The number of aromatic nitrogens is 2. The Kier molecular flexibility index (Phi) is 3.07. The first-order valence-electron chi connectivity index (χ1n) is 4.73. The minimum Gasteiger partial charge on any atom is -0.365 e. The first-order chi connectivity index (χ1) is 7.22. The van der Waals surface area contributed by atoms with Crippen LogP contribution in [0.5, 0.6) is 0 Å². The van der Waals surface area contributed by atoms with E-state index < -0.39 is 0 Å². The molecule has 80 valence electrons. The summed E-state index contributed by atoms with van der Waals surface area (Å²) in [6, 6.07) is 0.215. The summed E-state index contributed by atoms with van der Waals surface area (Å²) >= 11 is 7.42. The Bertz CT molecular complexity index is 469. The van der Waals surface area contributed by atoms with E-state index in [2.05, 4.69) is 27.6 Å². The van der Waals surface area contributed by atoms with Crippen LogP contribution in [0.3, 0.4) is 0 Å². The lowest BCUT2D eigenvalue weighted by atomic mass is 10.3. The van der Waals surface area contributed by atoms with Crippen molar-refractivity contribution < 1.29 is 0 Å². The Morgan fingerprint density at radius 1 is 1.53 bits per heavy atom. The van der Waals surface area contributed by atoms with Crippen molar-refractivity contribution in [3.05, 3.63) is 17.3 Å². The molecule has 0 bridgehead atoms. The number of hydrogen-bond acceptors (Lipinski definition) is 4. The summed E-state index contributed by atoms with van der Waals surface area (Å²) in [6.45, 7) is 4.09. The van der Waals surface area contributed by atoms with Gasteiger partial charge in [-0.2, -0.15) is 0 Å². The maximum Gasteiger partial charge on any atom is 0.147 e. The molecule has 0 saturated carbocycles. The van der Waals surface area contributed by atoms with Crippen molar-refractivity contribution in [3.63, 3.8) is 0 Å². The third-order valence-corrected chi connectivity index (χ3v) is 3.70. The monoisotopic (exact) mass is 241 g/mol. The zero-order chi connectivity index (χ0) is 10.8. The van der Waals surface area contributed by atoms with Gasteiger partial charge in [0.2, 0.25) is 0 Å². The summed E-state index contributed by atoms with van der Waals surface area (Å²) in [7, 11) is 0. The molecule has 15 heavy (non-hydrogen) atoms. The predicted octanol–water partition coefficient (Wildman–Crippen LogP) is 3.04. The number of halogens is 1. The van der Waals surface area contributed by atoms with E-state index in [-0.39, 0.29) is 6.04 Å². The fourth-order valence-corrected chi connectivity index (χ4v) is 2.38. The highest BCUT2D eigenvalue weighted by Gasteiger charge is 2.09. The Morgan fingerprint density at radius 2 is 2.33 bits per heavy atom. The quantitative estimate of drug-likeness (QED) is 0.840. The van der Waals surface area contributed by atoms with Crippen LogP contribution in [0.1, 0.15) is 12.5 Å². The summed E-state index contributed by atoms with van der Waals surface area (Å²) in [5.41, 5.74) is 2.22. The van der Waals surface area contributed by atoms with E-state index in [4.69, 9.17) is 11.6 Å². The van der Waals surface area contributed by atoms with Crippen molar-refractivity contribution in [3.8, 4) is 0 Å². The standard InChI is InChI=1S/C10H12ClN3S/c1-6-4-15-9-8(6)12-5-13-10(9)14-7(2)3-11/h4-5,7H,3H2,1-2H3,(H,12,13,14). The van der Waals surface area contributed by atoms with Crippen molar-refractivity contribution in [2.45, 2.75) is 19.9 Å². The first-order valence-corrected chi connectivity index (χ1v) is 6.15. The van der Waals surface area contributed by atoms with Crippen LogP contribution in [0.25, 0.3) is 10.2 Å². The zero-order valence-corrected chi connectivity index (χ0v) is 10.2. The van der Waals surface area contributed by atoms with Gasteiger partial charge in [-0.3, -0.25) is 0 Å². The van der Waals surface area contributed by atoms with E-state index in [9.17, 15) is 0 Å². The predicted molar refractivity (Wildman–Crippen MR) is 66.0 cm³/mol. The van der Waals surface area contributed by atoms with Crippen LogP contribution in [0.4, 0.5) is 5.82 Å². The van der Waals surface area contributed by atoms with Crippen molar-refractivity contribution in [2.24, 2.45) is 0 Å². The summed E-state index contributed by atoms with van der Waals surface area (Å²) in [5, 5.41) is 5.37. The van der Waals surface area contributed by atoms with Crippen molar-refractivity contribution in [1.29, 1.82) is 0 Å². The van der Waals surface area contributed by atoms with E-state index in [0.29, 0.717) is 5.88 Å². The van der Waals surface area contributed by atoms with E-state index >= 15 is 0 Å². The number of nitrogens with one attached hydrogen (secondary N) is 1. The van der Waals surface area contributed by atoms with Crippen molar-refractivity contribution in [1.82, 2.24) is 9.97 Å². The molecule has 0 saturated heterocycles. The number of alkyl halides is 1. The maximum absolute atomic E-state index is 5.76. The third-order valence-electron chi connectivity index (χ3n) is 2.15. The van der Waals surface area contributed by atoms with Gasteiger partial charge in [-0.1, -0.05) is 0 Å². The molecule has 0 aromatic carbocycles. The first kappa shape index (κ1) is 10.6. The SMILES string of the molecule is Cc1csc2c(NC(C)CCl)ncnc12. The Balaban J connectivity index is 2.43. The molecule has 2 aromatic rings. The lowest BCUT2D eigenvalue weighted by molar-refractivity contribution is 0.899. The summed E-state index contributed by atoms with van der Waals surface area (Å²) < 4.78 is 1.10. The van der Waals surface area contributed by atoms with Crippen LogP contribution in [0.15, 0.2) is 11.7 Å². The molecule has 2 rings (SSSR count). The van der Waals surface area contributed by atoms with Gasteiger partial charge in [-0.25, -0.2) is 9.97 Å². The minimum absolute atomic E-state index is 0.215. The maximum atomic E-state index is 5.76. The Morgan fingerprint density at radius 3 is 3.07 bits per heavy atom. The molecule has 0 aliphatic heterocycles. The lowest BCUT2D eigenvalue weighted by Gasteiger charge is -2.11. The van der Waals surface area contributed by atoms with E-state index in [0.717, 1.165) is 16.0 Å². The second-order valence-corrected chi connectivity index (χ2v) is 4.71. The van der Waals surface area contributed by atoms with Crippen LogP contribution in [0, 0.1) is 6.92 Å². The molecule has 0 spiro atoms. The highest BCUT2D eigenvalue weighted by atomic mass is 35.5. The minimum atomic E-state index is 0.215. The molecule has 1 unspecified atom stereocenters. The number of aryl methyl sites for hydroxylation is 1. The number of rotatable bonds is 3. The molecule has 3 nitrogen and oxygen atoms in total. The number of fused-ring (bicyclic) bond motifs is 1. The number of thiophene rings is 1. The highest BCUT2D eigenvalue weighted by Crippen LogP contribution is 2.28. The molecule has 1 atom stereocenters. The van der Waals surface area contributed by atoms with E-state index in [1.165, 1.54) is 5.56 Å². The van der Waals surface area contributed by atoms with Crippen LogP contribution < -0.4 is 5.32 Å². The largest absolute Gasteiger partial charge is 0.365 e. The second-order valence-electron chi connectivity index (χ2n) is 3.52. The van der Waals surface area contributed by atoms with Gasteiger partial charge in [-0.15, -0.1) is 22.9 Å². The van der Waals surface area contributed by atoms with Gasteiger partial charge in [0.15, 0.2) is 0 Å². The summed E-state index contributed by atoms with van der Waals surface area (Å²) in [5.74, 6) is 1.45. The van der Waals surface area contributed by atoms with Crippen LogP contribution >= 0.6 is 22.9 Å².